The maximum absolute atomic E-state index is 13.5. The van der Waals surface area contributed by atoms with Gasteiger partial charge in [0.2, 0.25) is 0 Å². The Balaban J connectivity index is 2.01. The van der Waals surface area contributed by atoms with Crippen molar-refractivity contribution in [2.45, 2.75) is 40.7 Å². The Labute approximate surface area is 150 Å². The molecule has 130 valence electrons. The number of halogens is 1. The minimum atomic E-state index is -0.277. The van der Waals surface area contributed by atoms with Gasteiger partial charge in [0.15, 0.2) is 4.80 Å². The van der Waals surface area contributed by atoms with Crippen molar-refractivity contribution in [3.8, 4) is 0 Å². The number of hydrogen-bond acceptors (Lipinski definition) is 2. The molecule has 0 radical (unpaired) electrons. The van der Waals surface area contributed by atoms with Crippen LogP contribution >= 0.6 is 11.3 Å². The molecule has 0 bridgehead atoms. The van der Waals surface area contributed by atoms with E-state index in [0.717, 1.165) is 26.9 Å². The van der Waals surface area contributed by atoms with E-state index in [-0.39, 0.29) is 18.1 Å². The van der Waals surface area contributed by atoms with E-state index in [4.69, 9.17) is 0 Å². The lowest BCUT2D eigenvalue weighted by molar-refractivity contribution is -0.117. The maximum Gasteiger partial charge on any atom is 0.252 e. The molecule has 5 heteroatoms. The van der Waals surface area contributed by atoms with Gasteiger partial charge in [-0.15, -0.1) is 0 Å². The smallest absolute Gasteiger partial charge is 0.252 e. The second kappa shape index (κ2) is 6.92. The van der Waals surface area contributed by atoms with Crippen LogP contribution in [0.4, 0.5) is 4.39 Å². The second-order valence-electron chi connectivity index (χ2n) is 6.30. The number of carbonyl (C=O) groups excluding carboxylic acids is 1. The number of benzene rings is 2. The minimum absolute atomic E-state index is 0.177. The van der Waals surface area contributed by atoms with E-state index < -0.39 is 0 Å². The average Bonchev–Trinajstić information content (AvgIpc) is 2.86. The predicted molar refractivity (Wildman–Crippen MR) is 100 cm³/mol. The lowest BCUT2D eigenvalue weighted by Crippen LogP contribution is -2.17. The van der Waals surface area contributed by atoms with Crippen molar-refractivity contribution < 1.29 is 9.18 Å². The first-order chi connectivity index (χ1) is 11.9. The van der Waals surface area contributed by atoms with Crippen molar-refractivity contribution in [2.24, 2.45) is 4.99 Å². The summed E-state index contributed by atoms with van der Waals surface area (Å²) in [6.07, 6.45) is 0.282. The highest BCUT2D eigenvalue weighted by molar-refractivity contribution is 7.16. The Morgan fingerprint density at radius 1 is 1.16 bits per heavy atom. The van der Waals surface area contributed by atoms with Crippen LogP contribution in [0.2, 0.25) is 0 Å². The van der Waals surface area contributed by atoms with Gasteiger partial charge in [-0.3, -0.25) is 4.79 Å². The van der Waals surface area contributed by atoms with Gasteiger partial charge < -0.3 is 4.57 Å². The summed E-state index contributed by atoms with van der Waals surface area (Å²) >= 11 is 1.35. The van der Waals surface area contributed by atoms with Crippen LogP contribution in [0.5, 0.6) is 0 Å². The minimum Gasteiger partial charge on any atom is -0.317 e. The molecule has 2 aromatic carbocycles. The molecule has 25 heavy (non-hydrogen) atoms. The van der Waals surface area contributed by atoms with Gasteiger partial charge >= 0.3 is 0 Å². The third kappa shape index (κ3) is 3.56. The predicted octanol–water partition coefficient (Wildman–Crippen LogP) is 4.46. The van der Waals surface area contributed by atoms with E-state index in [1.54, 1.807) is 6.07 Å². The topological polar surface area (TPSA) is 34.4 Å². The summed E-state index contributed by atoms with van der Waals surface area (Å²) in [6, 6.07) is 8.84. The fraction of sp³-hybridized carbons (Fsp3) is 0.300. The Hall–Kier alpha value is -2.27. The zero-order valence-corrected chi connectivity index (χ0v) is 15.7. The molecule has 3 nitrogen and oxygen atoms in total. The molecular formula is C20H21FN2OS. The van der Waals surface area contributed by atoms with E-state index in [2.05, 4.69) is 24.0 Å². The van der Waals surface area contributed by atoms with Crippen LogP contribution in [0.3, 0.4) is 0 Å². The monoisotopic (exact) mass is 356 g/mol. The highest BCUT2D eigenvalue weighted by atomic mass is 32.1. The Kier molecular flexibility index (Phi) is 4.86. The number of carbonyl (C=O) groups is 1. The molecule has 3 aromatic rings. The van der Waals surface area contributed by atoms with Crippen molar-refractivity contribution in [1.29, 1.82) is 0 Å². The van der Waals surface area contributed by atoms with E-state index in [1.807, 2.05) is 25.3 Å². The Morgan fingerprint density at radius 3 is 2.48 bits per heavy atom. The SMILES string of the molecule is CCn1c(=NC(=O)Cc2c(C)cc(C)cc2C)sc2cc(F)ccc21. The maximum atomic E-state index is 13.5. The van der Waals surface area contributed by atoms with Crippen LogP contribution in [0, 0.1) is 26.6 Å². The van der Waals surface area contributed by atoms with Gasteiger partial charge in [-0.05, 0) is 62.6 Å². The molecule has 0 fully saturated rings. The fourth-order valence-electron chi connectivity index (χ4n) is 3.22. The number of fused-ring (bicyclic) bond motifs is 1. The molecule has 0 spiro atoms. The largest absolute Gasteiger partial charge is 0.317 e. The standard InChI is InChI=1S/C20H21FN2OS/c1-5-23-17-7-6-15(21)10-18(17)25-20(23)22-19(24)11-16-13(3)8-12(2)9-14(16)4/h6-10H,5,11H2,1-4H3. The van der Waals surface area contributed by atoms with Crippen LogP contribution in [0.15, 0.2) is 35.3 Å². The van der Waals surface area contributed by atoms with Gasteiger partial charge in [0.1, 0.15) is 5.82 Å². The number of nitrogens with zero attached hydrogens (tertiary/aromatic N) is 2. The zero-order chi connectivity index (χ0) is 18.1. The summed E-state index contributed by atoms with van der Waals surface area (Å²) in [5, 5.41) is 0. The lowest BCUT2D eigenvalue weighted by atomic mass is 9.97. The average molecular weight is 356 g/mol. The van der Waals surface area contributed by atoms with Crippen molar-refractivity contribution >= 4 is 27.5 Å². The van der Waals surface area contributed by atoms with Crippen molar-refractivity contribution in [3.63, 3.8) is 0 Å². The van der Waals surface area contributed by atoms with E-state index in [0.29, 0.717) is 11.3 Å². The third-order valence-corrected chi connectivity index (χ3v) is 5.39. The summed E-state index contributed by atoms with van der Waals surface area (Å²) in [5.74, 6) is -0.454. The molecule has 0 saturated heterocycles. The fourth-order valence-corrected chi connectivity index (χ4v) is 4.36. The highest BCUT2D eigenvalue weighted by Crippen LogP contribution is 2.19. The molecule has 3 rings (SSSR count). The molecule has 1 heterocycles. The molecule has 0 saturated carbocycles. The van der Waals surface area contributed by atoms with E-state index >= 15 is 0 Å². The first-order valence-electron chi connectivity index (χ1n) is 8.32. The van der Waals surface area contributed by atoms with Gasteiger partial charge in [0, 0.05) is 6.54 Å². The normalized spacial score (nSPS) is 12.1. The molecule has 0 aliphatic carbocycles. The van der Waals surface area contributed by atoms with Gasteiger partial charge in [0.25, 0.3) is 5.91 Å². The number of amides is 1. The van der Waals surface area contributed by atoms with Crippen LogP contribution in [0.25, 0.3) is 10.2 Å². The molecule has 0 aliphatic heterocycles. The second-order valence-corrected chi connectivity index (χ2v) is 7.31. The number of rotatable bonds is 3. The number of hydrogen-bond donors (Lipinski definition) is 0. The zero-order valence-electron chi connectivity index (χ0n) is 14.9. The van der Waals surface area contributed by atoms with Gasteiger partial charge in [-0.1, -0.05) is 29.0 Å². The van der Waals surface area contributed by atoms with Crippen LogP contribution in [0.1, 0.15) is 29.2 Å². The van der Waals surface area contributed by atoms with Crippen LogP contribution in [-0.2, 0) is 17.8 Å². The van der Waals surface area contributed by atoms with Crippen molar-refractivity contribution in [1.82, 2.24) is 4.57 Å². The Morgan fingerprint density at radius 2 is 1.84 bits per heavy atom. The third-order valence-electron chi connectivity index (χ3n) is 4.35. The lowest BCUT2D eigenvalue weighted by Gasteiger charge is -2.09. The molecule has 1 aromatic heterocycles. The number of aryl methyl sites for hydroxylation is 4. The first kappa shape index (κ1) is 17.5. The van der Waals surface area contributed by atoms with E-state index in [9.17, 15) is 9.18 Å². The Bertz CT molecular complexity index is 1010. The summed E-state index contributed by atoms with van der Waals surface area (Å²) in [5.41, 5.74) is 5.36. The van der Waals surface area contributed by atoms with Crippen molar-refractivity contribution in [3.05, 3.63) is 63.2 Å². The summed E-state index contributed by atoms with van der Waals surface area (Å²) in [4.78, 5) is 17.5. The van der Waals surface area contributed by atoms with E-state index in [1.165, 1.54) is 29.0 Å². The van der Waals surface area contributed by atoms with Crippen LogP contribution in [-0.4, -0.2) is 10.5 Å². The molecule has 0 aliphatic rings. The van der Waals surface area contributed by atoms with Gasteiger partial charge in [-0.25, -0.2) is 4.39 Å². The van der Waals surface area contributed by atoms with Gasteiger partial charge in [0.05, 0.1) is 16.6 Å². The van der Waals surface area contributed by atoms with Crippen LogP contribution < -0.4 is 4.80 Å². The quantitative estimate of drug-likeness (QED) is 0.682. The molecule has 1 amide bonds. The summed E-state index contributed by atoms with van der Waals surface area (Å²) in [7, 11) is 0. The number of thiazole rings is 1. The molecular weight excluding hydrogens is 335 g/mol. The highest BCUT2D eigenvalue weighted by Gasteiger charge is 2.11. The van der Waals surface area contributed by atoms with Crippen molar-refractivity contribution in [2.75, 3.05) is 0 Å². The molecule has 0 atom stereocenters. The molecule has 0 N–H and O–H groups in total. The summed E-state index contributed by atoms with van der Waals surface area (Å²) in [6.45, 7) is 8.78. The molecule has 0 unspecified atom stereocenters. The number of aromatic nitrogens is 1. The first-order valence-corrected chi connectivity index (χ1v) is 9.14. The summed E-state index contributed by atoms with van der Waals surface area (Å²) < 4.78 is 16.2. The van der Waals surface area contributed by atoms with Gasteiger partial charge in [-0.2, -0.15) is 4.99 Å².